The summed E-state index contributed by atoms with van der Waals surface area (Å²) >= 11 is 0. The van der Waals surface area contributed by atoms with Crippen LogP contribution in [0.15, 0.2) is 16.9 Å². The third-order valence-electron chi connectivity index (χ3n) is 5.84. The third-order valence-corrected chi connectivity index (χ3v) is 5.84. The Kier molecular flexibility index (Phi) is 7.74. The first-order chi connectivity index (χ1) is 12.2. The van der Waals surface area contributed by atoms with Gasteiger partial charge in [-0.1, -0.05) is 6.92 Å². The number of imidazole rings is 1. The summed E-state index contributed by atoms with van der Waals surface area (Å²) in [6.07, 6.45) is 4.77. The maximum absolute atomic E-state index is 14.0. The van der Waals surface area contributed by atoms with Gasteiger partial charge in [0, 0.05) is 38.4 Å². The van der Waals surface area contributed by atoms with E-state index in [1.165, 1.54) is 6.07 Å². The summed E-state index contributed by atoms with van der Waals surface area (Å²) in [5.41, 5.74) is 1.99. The van der Waals surface area contributed by atoms with Crippen molar-refractivity contribution in [2.75, 3.05) is 26.3 Å². The number of aromatic amines is 1. The third kappa shape index (κ3) is 4.34. The molecule has 27 heavy (non-hydrogen) atoms. The Hall–Kier alpha value is -1.08. The SMILES string of the molecule is CCc1cc2c(cc1F)[nH]c(=O)n2C1CCN(C2CCOCC2)CC1.Cl.Cl. The van der Waals surface area contributed by atoms with E-state index in [1.54, 1.807) is 0 Å². The maximum Gasteiger partial charge on any atom is 0.326 e. The normalized spacial score (nSPS) is 19.6. The highest BCUT2D eigenvalue weighted by atomic mass is 35.5. The van der Waals surface area contributed by atoms with Crippen LogP contribution < -0.4 is 5.69 Å². The van der Waals surface area contributed by atoms with Crippen molar-refractivity contribution < 1.29 is 9.13 Å². The monoisotopic (exact) mass is 419 g/mol. The molecule has 0 atom stereocenters. The minimum Gasteiger partial charge on any atom is -0.381 e. The van der Waals surface area contributed by atoms with Crippen LogP contribution in [0.4, 0.5) is 4.39 Å². The first-order valence-corrected chi connectivity index (χ1v) is 9.41. The van der Waals surface area contributed by atoms with Gasteiger partial charge in [-0.3, -0.25) is 4.57 Å². The highest BCUT2D eigenvalue weighted by Gasteiger charge is 2.28. The van der Waals surface area contributed by atoms with Crippen LogP contribution in [0.2, 0.25) is 0 Å². The minimum absolute atomic E-state index is 0. The van der Waals surface area contributed by atoms with E-state index in [0.717, 1.165) is 57.5 Å². The van der Waals surface area contributed by atoms with Crippen LogP contribution in [0.3, 0.4) is 0 Å². The fourth-order valence-electron chi connectivity index (χ4n) is 4.38. The molecule has 3 heterocycles. The van der Waals surface area contributed by atoms with Gasteiger partial charge in [0.05, 0.1) is 11.0 Å². The Balaban J connectivity index is 0.00000131. The summed E-state index contributed by atoms with van der Waals surface area (Å²) in [6.45, 7) is 5.67. The number of aryl methyl sites for hydroxylation is 1. The average Bonchev–Trinajstić information content (AvgIpc) is 2.96. The molecule has 1 N–H and O–H groups in total. The topological polar surface area (TPSA) is 50.3 Å². The number of rotatable bonds is 3. The lowest BCUT2D eigenvalue weighted by molar-refractivity contribution is 0.0220. The lowest BCUT2D eigenvalue weighted by Gasteiger charge is -2.39. The highest BCUT2D eigenvalue weighted by molar-refractivity contribution is 5.85. The predicted molar refractivity (Wildman–Crippen MR) is 110 cm³/mol. The number of benzene rings is 1. The number of fused-ring (bicyclic) bond motifs is 1. The molecule has 2 aliphatic heterocycles. The summed E-state index contributed by atoms with van der Waals surface area (Å²) in [5.74, 6) is -0.238. The number of piperidine rings is 1. The van der Waals surface area contributed by atoms with Crippen LogP contribution >= 0.6 is 24.8 Å². The fraction of sp³-hybridized carbons (Fsp3) is 0.632. The van der Waals surface area contributed by atoms with Crippen LogP contribution in [-0.4, -0.2) is 46.8 Å². The molecule has 1 aromatic carbocycles. The molecule has 0 spiro atoms. The van der Waals surface area contributed by atoms with Gasteiger partial charge < -0.3 is 14.6 Å². The first-order valence-electron chi connectivity index (χ1n) is 9.41. The van der Waals surface area contributed by atoms with E-state index >= 15 is 0 Å². The molecule has 0 amide bonds. The number of aromatic nitrogens is 2. The van der Waals surface area contributed by atoms with E-state index in [2.05, 4.69) is 9.88 Å². The molecule has 4 rings (SSSR count). The number of nitrogens with one attached hydrogen (secondary N) is 1. The van der Waals surface area contributed by atoms with Crippen molar-refractivity contribution in [3.63, 3.8) is 0 Å². The lowest BCUT2D eigenvalue weighted by atomic mass is 9.99. The molecule has 1 aromatic heterocycles. The molecule has 2 aromatic rings. The van der Waals surface area contributed by atoms with E-state index in [0.29, 0.717) is 23.5 Å². The van der Waals surface area contributed by atoms with Crippen molar-refractivity contribution in [2.24, 2.45) is 0 Å². The van der Waals surface area contributed by atoms with Crippen molar-refractivity contribution in [3.05, 3.63) is 34.0 Å². The predicted octanol–water partition coefficient (Wildman–Crippen LogP) is 3.69. The van der Waals surface area contributed by atoms with Crippen molar-refractivity contribution in [1.29, 1.82) is 0 Å². The van der Waals surface area contributed by atoms with Crippen molar-refractivity contribution in [3.8, 4) is 0 Å². The van der Waals surface area contributed by atoms with Gasteiger partial charge in [-0.25, -0.2) is 9.18 Å². The van der Waals surface area contributed by atoms with Crippen LogP contribution in [0.25, 0.3) is 11.0 Å². The second kappa shape index (κ2) is 9.41. The summed E-state index contributed by atoms with van der Waals surface area (Å²) in [7, 11) is 0. The zero-order chi connectivity index (χ0) is 17.4. The zero-order valence-corrected chi connectivity index (χ0v) is 17.2. The Labute approximate surface area is 171 Å². The average molecular weight is 420 g/mol. The van der Waals surface area contributed by atoms with E-state index in [1.807, 2.05) is 17.6 Å². The van der Waals surface area contributed by atoms with Crippen LogP contribution in [0, 0.1) is 5.82 Å². The largest absolute Gasteiger partial charge is 0.381 e. The van der Waals surface area contributed by atoms with E-state index < -0.39 is 0 Å². The van der Waals surface area contributed by atoms with Crippen LogP contribution in [-0.2, 0) is 11.2 Å². The van der Waals surface area contributed by atoms with Crippen molar-refractivity contribution in [2.45, 2.75) is 51.1 Å². The molecule has 0 saturated carbocycles. The Morgan fingerprint density at radius 1 is 1.11 bits per heavy atom. The molecular formula is C19H28Cl2FN3O2. The number of hydrogen-bond acceptors (Lipinski definition) is 3. The molecule has 5 nitrogen and oxygen atoms in total. The van der Waals surface area contributed by atoms with Gasteiger partial charge in [0.25, 0.3) is 0 Å². The van der Waals surface area contributed by atoms with E-state index in [-0.39, 0.29) is 42.4 Å². The summed E-state index contributed by atoms with van der Waals surface area (Å²) < 4.78 is 21.3. The van der Waals surface area contributed by atoms with Crippen LogP contribution in [0.5, 0.6) is 0 Å². The van der Waals surface area contributed by atoms with Crippen molar-refractivity contribution in [1.82, 2.24) is 14.5 Å². The number of halogens is 3. The van der Waals surface area contributed by atoms with Gasteiger partial charge in [0.15, 0.2) is 0 Å². The van der Waals surface area contributed by atoms with Gasteiger partial charge in [-0.15, -0.1) is 24.8 Å². The van der Waals surface area contributed by atoms with Gasteiger partial charge in [-0.2, -0.15) is 0 Å². The molecule has 0 radical (unpaired) electrons. The second-order valence-electron chi connectivity index (χ2n) is 7.23. The first kappa shape index (κ1) is 22.2. The van der Waals surface area contributed by atoms with Gasteiger partial charge in [0.1, 0.15) is 5.82 Å². The molecule has 0 bridgehead atoms. The van der Waals surface area contributed by atoms with E-state index in [4.69, 9.17) is 4.74 Å². The Morgan fingerprint density at radius 3 is 2.41 bits per heavy atom. The smallest absolute Gasteiger partial charge is 0.326 e. The fourth-order valence-corrected chi connectivity index (χ4v) is 4.38. The molecule has 2 aliphatic rings. The molecule has 152 valence electrons. The van der Waals surface area contributed by atoms with Gasteiger partial charge in [-0.05, 0) is 49.8 Å². The van der Waals surface area contributed by atoms with Gasteiger partial charge >= 0.3 is 5.69 Å². The lowest BCUT2D eigenvalue weighted by Crippen LogP contribution is -2.45. The molecule has 8 heteroatoms. The standard InChI is InChI=1S/C19H26FN3O2.2ClH/c1-2-13-11-18-17(12-16(13)20)21-19(24)23(18)15-3-7-22(8-4-15)14-5-9-25-10-6-14;;/h11-12,14-15H,2-10H2,1H3,(H,21,24);2*1H. The zero-order valence-electron chi connectivity index (χ0n) is 15.6. The maximum atomic E-state index is 14.0. The Bertz CT molecular complexity index is 809. The Morgan fingerprint density at radius 2 is 1.78 bits per heavy atom. The number of ether oxygens (including phenoxy) is 1. The number of likely N-dealkylation sites (tertiary alicyclic amines) is 1. The molecule has 0 unspecified atom stereocenters. The summed E-state index contributed by atoms with van der Waals surface area (Å²) in [4.78, 5) is 17.9. The summed E-state index contributed by atoms with van der Waals surface area (Å²) in [6, 6.07) is 4.11. The highest BCUT2D eigenvalue weighted by Crippen LogP contribution is 2.28. The second-order valence-corrected chi connectivity index (χ2v) is 7.23. The summed E-state index contributed by atoms with van der Waals surface area (Å²) in [5, 5.41) is 0. The van der Waals surface area contributed by atoms with Gasteiger partial charge in [0.2, 0.25) is 0 Å². The molecule has 0 aliphatic carbocycles. The molecular weight excluding hydrogens is 392 g/mol. The van der Waals surface area contributed by atoms with Crippen LogP contribution in [0.1, 0.15) is 44.2 Å². The quantitative estimate of drug-likeness (QED) is 0.824. The number of nitrogens with zero attached hydrogens (tertiary/aromatic N) is 2. The number of hydrogen-bond donors (Lipinski definition) is 1. The number of H-pyrrole nitrogens is 1. The molecule has 2 fully saturated rings. The van der Waals surface area contributed by atoms with Crippen molar-refractivity contribution >= 4 is 35.8 Å². The minimum atomic E-state index is -0.238. The molecule has 2 saturated heterocycles. The van der Waals surface area contributed by atoms with E-state index in [9.17, 15) is 9.18 Å².